The lowest BCUT2D eigenvalue weighted by Gasteiger charge is -2.16. The summed E-state index contributed by atoms with van der Waals surface area (Å²) in [6, 6.07) is 12.3. The summed E-state index contributed by atoms with van der Waals surface area (Å²) in [6.45, 7) is 4.80. The monoisotopic (exact) mass is 286 g/mol. The Morgan fingerprint density at radius 3 is 2.90 bits per heavy atom. The molecule has 1 aliphatic heterocycles. The van der Waals surface area contributed by atoms with Crippen LogP contribution >= 0.6 is 11.3 Å². The average molecular weight is 286 g/mol. The summed E-state index contributed by atoms with van der Waals surface area (Å²) < 4.78 is 0. The van der Waals surface area contributed by atoms with Crippen LogP contribution in [0.5, 0.6) is 0 Å². The predicted octanol–water partition coefficient (Wildman–Crippen LogP) is 3.44. The van der Waals surface area contributed by atoms with Crippen LogP contribution in [0.25, 0.3) is 0 Å². The molecule has 2 unspecified atom stereocenters. The fourth-order valence-electron chi connectivity index (χ4n) is 2.59. The lowest BCUT2D eigenvalue weighted by molar-refractivity contribution is -0.122. The Labute approximate surface area is 123 Å². The Bertz CT molecular complexity index is 635. The SMILES string of the molecule is Cc1ccc(C(C)NC(=O)C2CNc3ccccc32)s1. The number of carbonyl (C=O) groups excluding carboxylic acids is 1. The predicted molar refractivity (Wildman–Crippen MR) is 83.3 cm³/mol. The highest BCUT2D eigenvalue weighted by atomic mass is 32.1. The minimum atomic E-state index is -0.0882. The molecule has 1 aliphatic rings. The molecule has 0 saturated heterocycles. The number of para-hydroxylation sites is 1. The van der Waals surface area contributed by atoms with Crippen molar-refractivity contribution in [2.24, 2.45) is 0 Å². The zero-order valence-corrected chi connectivity index (χ0v) is 12.5. The van der Waals surface area contributed by atoms with E-state index in [1.165, 1.54) is 9.75 Å². The largest absolute Gasteiger partial charge is 0.384 e. The van der Waals surface area contributed by atoms with Gasteiger partial charge in [-0.25, -0.2) is 0 Å². The third-order valence-corrected chi connectivity index (χ3v) is 4.88. The first kappa shape index (κ1) is 13.2. The van der Waals surface area contributed by atoms with Gasteiger partial charge in [0.05, 0.1) is 12.0 Å². The Kier molecular flexibility index (Phi) is 3.49. The highest BCUT2D eigenvalue weighted by Crippen LogP contribution is 2.32. The van der Waals surface area contributed by atoms with E-state index in [1.54, 1.807) is 11.3 Å². The Morgan fingerprint density at radius 1 is 1.35 bits per heavy atom. The van der Waals surface area contributed by atoms with Crippen molar-refractivity contribution in [3.8, 4) is 0 Å². The van der Waals surface area contributed by atoms with Gasteiger partial charge in [0.1, 0.15) is 0 Å². The van der Waals surface area contributed by atoms with E-state index < -0.39 is 0 Å². The zero-order valence-electron chi connectivity index (χ0n) is 11.6. The molecule has 0 saturated carbocycles. The number of rotatable bonds is 3. The Hall–Kier alpha value is -1.81. The van der Waals surface area contributed by atoms with Gasteiger partial charge in [0.25, 0.3) is 0 Å². The zero-order chi connectivity index (χ0) is 14.1. The summed E-state index contributed by atoms with van der Waals surface area (Å²) in [6.07, 6.45) is 0. The molecule has 3 nitrogen and oxygen atoms in total. The van der Waals surface area contributed by atoms with E-state index in [1.807, 2.05) is 31.2 Å². The molecule has 2 N–H and O–H groups in total. The molecule has 104 valence electrons. The van der Waals surface area contributed by atoms with Gasteiger partial charge in [0.2, 0.25) is 5.91 Å². The van der Waals surface area contributed by atoms with Crippen molar-refractivity contribution >= 4 is 22.9 Å². The Balaban J connectivity index is 1.72. The molecule has 4 heteroatoms. The molecule has 1 amide bonds. The summed E-state index contributed by atoms with van der Waals surface area (Å²) >= 11 is 1.74. The number of hydrogen-bond donors (Lipinski definition) is 2. The van der Waals surface area contributed by atoms with Crippen molar-refractivity contribution < 1.29 is 4.79 Å². The van der Waals surface area contributed by atoms with Gasteiger partial charge < -0.3 is 10.6 Å². The topological polar surface area (TPSA) is 41.1 Å². The van der Waals surface area contributed by atoms with Gasteiger partial charge in [-0.15, -0.1) is 11.3 Å². The fraction of sp³-hybridized carbons (Fsp3) is 0.312. The number of thiophene rings is 1. The van der Waals surface area contributed by atoms with Crippen LogP contribution < -0.4 is 10.6 Å². The second-order valence-electron chi connectivity index (χ2n) is 5.20. The minimum absolute atomic E-state index is 0.0639. The first-order valence-corrected chi connectivity index (χ1v) is 7.66. The molecule has 0 bridgehead atoms. The summed E-state index contributed by atoms with van der Waals surface area (Å²) in [5, 5.41) is 6.41. The van der Waals surface area contributed by atoms with Gasteiger partial charge in [-0.2, -0.15) is 0 Å². The van der Waals surface area contributed by atoms with E-state index in [2.05, 4.69) is 29.7 Å². The quantitative estimate of drug-likeness (QED) is 0.907. The van der Waals surface area contributed by atoms with Gasteiger partial charge in [-0.3, -0.25) is 4.79 Å². The van der Waals surface area contributed by atoms with Crippen LogP contribution in [0, 0.1) is 6.92 Å². The van der Waals surface area contributed by atoms with Crippen LogP contribution in [-0.4, -0.2) is 12.5 Å². The highest BCUT2D eigenvalue weighted by Gasteiger charge is 2.29. The number of nitrogens with one attached hydrogen (secondary N) is 2. The van der Waals surface area contributed by atoms with Crippen LogP contribution in [-0.2, 0) is 4.79 Å². The number of carbonyl (C=O) groups is 1. The first-order chi connectivity index (χ1) is 9.65. The summed E-state index contributed by atoms with van der Waals surface area (Å²) in [7, 11) is 0. The summed E-state index contributed by atoms with van der Waals surface area (Å²) in [5.74, 6) is 0.00992. The van der Waals surface area contributed by atoms with Crippen LogP contribution in [0.3, 0.4) is 0 Å². The molecule has 3 rings (SSSR count). The molecule has 1 aromatic heterocycles. The van der Waals surface area contributed by atoms with Crippen LogP contribution in [0.4, 0.5) is 5.69 Å². The van der Waals surface area contributed by atoms with Crippen molar-refractivity contribution in [2.45, 2.75) is 25.8 Å². The number of hydrogen-bond acceptors (Lipinski definition) is 3. The molecule has 0 radical (unpaired) electrons. The third-order valence-electron chi connectivity index (χ3n) is 3.70. The number of anilines is 1. The summed E-state index contributed by atoms with van der Waals surface area (Å²) in [4.78, 5) is 14.9. The molecular weight excluding hydrogens is 268 g/mol. The van der Waals surface area contributed by atoms with E-state index in [0.717, 1.165) is 11.3 Å². The maximum Gasteiger partial charge on any atom is 0.229 e. The average Bonchev–Trinajstić information content (AvgIpc) is 3.04. The van der Waals surface area contributed by atoms with Crippen LogP contribution in [0.1, 0.15) is 34.2 Å². The number of aryl methyl sites for hydroxylation is 1. The number of amides is 1. The normalized spacial score (nSPS) is 18.2. The van der Waals surface area contributed by atoms with E-state index in [-0.39, 0.29) is 17.9 Å². The maximum atomic E-state index is 12.5. The van der Waals surface area contributed by atoms with Gasteiger partial charge >= 0.3 is 0 Å². The highest BCUT2D eigenvalue weighted by molar-refractivity contribution is 7.12. The lowest BCUT2D eigenvalue weighted by atomic mass is 10.0. The number of benzene rings is 1. The lowest BCUT2D eigenvalue weighted by Crippen LogP contribution is -2.32. The van der Waals surface area contributed by atoms with Crippen molar-refractivity contribution in [3.05, 3.63) is 51.7 Å². The van der Waals surface area contributed by atoms with E-state index >= 15 is 0 Å². The first-order valence-electron chi connectivity index (χ1n) is 6.84. The van der Waals surface area contributed by atoms with Crippen molar-refractivity contribution in [2.75, 3.05) is 11.9 Å². The van der Waals surface area contributed by atoms with Crippen LogP contribution in [0.15, 0.2) is 36.4 Å². The minimum Gasteiger partial charge on any atom is -0.384 e. The fourth-order valence-corrected chi connectivity index (χ4v) is 3.47. The van der Waals surface area contributed by atoms with E-state index in [9.17, 15) is 4.79 Å². The molecule has 0 spiro atoms. The molecule has 1 aromatic carbocycles. The van der Waals surface area contributed by atoms with Crippen molar-refractivity contribution in [3.63, 3.8) is 0 Å². The Morgan fingerprint density at radius 2 is 2.15 bits per heavy atom. The molecule has 2 heterocycles. The van der Waals surface area contributed by atoms with Gasteiger partial charge in [-0.1, -0.05) is 18.2 Å². The van der Waals surface area contributed by atoms with Crippen molar-refractivity contribution in [1.82, 2.24) is 5.32 Å². The second-order valence-corrected chi connectivity index (χ2v) is 6.52. The number of fused-ring (bicyclic) bond motifs is 1. The van der Waals surface area contributed by atoms with Crippen molar-refractivity contribution in [1.29, 1.82) is 0 Å². The van der Waals surface area contributed by atoms with Gasteiger partial charge in [0.15, 0.2) is 0 Å². The standard InChI is InChI=1S/C16H18N2OS/c1-10-7-8-15(20-10)11(2)18-16(19)13-9-17-14-6-4-3-5-12(13)14/h3-8,11,13,17H,9H2,1-2H3,(H,18,19). The molecule has 20 heavy (non-hydrogen) atoms. The molecule has 0 aliphatic carbocycles. The van der Waals surface area contributed by atoms with E-state index in [0.29, 0.717) is 6.54 Å². The molecule has 2 atom stereocenters. The second kappa shape index (κ2) is 5.29. The van der Waals surface area contributed by atoms with E-state index in [4.69, 9.17) is 0 Å². The van der Waals surface area contributed by atoms with Gasteiger partial charge in [-0.05, 0) is 37.6 Å². The molecule has 2 aromatic rings. The molecule has 0 fully saturated rings. The third kappa shape index (κ3) is 2.43. The van der Waals surface area contributed by atoms with Gasteiger partial charge in [0, 0.05) is 22.0 Å². The molecular formula is C16H18N2OS. The maximum absolute atomic E-state index is 12.5. The summed E-state index contributed by atoms with van der Waals surface area (Å²) in [5.41, 5.74) is 2.17. The van der Waals surface area contributed by atoms with Crippen LogP contribution in [0.2, 0.25) is 0 Å². The smallest absolute Gasteiger partial charge is 0.229 e.